The second-order valence-electron chi connectivity index (χ2n) is 6.26. The van der Waals surface area contributed by atoms with E-state index >= 15 is 0 Å². The molecule has 0 aromatic heterocycles. The van der Waals surface area contributed by atoms with Gasteiger partial charge in [0, 0.05) is 0 Å². The van der Waals surface area contributed by atoms with E-state index in [1.54, 1.807) is 0 Å². The molecular weight excluding hydrogens is 264 g/mol. The average Bonchev–Trinajstić information content (AvgIpc) is 2.13. The quantitative estimate of drug-likeness (QED) is 0.449. The van der Waals surface area contributed by atoms with E-state index in [1.165, 1.54) is 0 Å². The van der Waals surface area contributed by atoms with E-state index in [0.29, 0.717) is 24.2 Å². The molecule has 0 aromatic rings. The van der Waals surface area contributed by atoms with Crippen LogP contribution in [0.4, 0.5) is 0 Å². The minimum absolute atomic E-state index is 0.345. The van der Waals surface area contributed by atoms with Crippen LogP contribution < -0.4 is 0 Å². The molecule has 19 heavy (non-hydrogen) atoms. The summed E-state index contributed by atoms with van der Waals surface area (Å²) in [4.78, 5) is 4.32. The molecule has 0 rings (SSSR count). The first kappa shape index (κ1) is 19.2. The van der Waals surface area contributed by atoms with Crippen molar-refractivity contribution in [3.63, 3.8) is 0 Å². The number of rotatable bonds is 6. The van der Waals surface area contributed by atoms with Crippen molar-refractivity contribution in [3.05, 3.63) is 0 Å². The Bertz CT molecular complexity index is 265. The molecule has 2 N–H and O–H groups in total. The molecule has 0 saturated carbocycles. The van der Waals surface area contributed by atoms with Crippen molar-refractivity contribution in [1.82, 2.24) is 9.80 Å². The van der Waals surface area contributed by atoms with E-state index in [4.69, 9.17) is 10.8 Å². The van der Waals surface area contributed by atoms with Gasteiger partial charge in [0.2, 0.25) is 0 Å². The monoisotopic (exact) mass is 294 g/mol. The van der Waals surface area contributed by atoms with Gasteiger partial charge in [-0.15, -0.1) is 0 Å². The Morgan fingerprint density at radius 3 is 1.00 bits per heavy atom. The molecule has 0 unspecified atom stereocenters. The van der Waals surface area contributed by atoms with Crippen LogP contribution >= 0.6 is 0 Å². The van der Waals surface area contributed by atoms with Crippen LogP contribution in [-0.4, -0.2) is 71.7 Å². The van der Waals surface area contributed by atoms with Crippen LogP contribution in [0.2, 0.25) is 0 Å². The van der Waals surface area contributed by atoms with Gasteiger partial charge in [0.1, 0.15) is 0 Å². The molecule has 4 nitrogen and oxygen atoms in total. The second kappa shape index (κ2) is 8.48. The minimum atomic E-state index is -1.48. The second-order valence-corrected chi connectivity index (χ2v) is 8.90. The van der Waals surface area contributed by atoms with Gasteiger partial charge in [0.05, 0.1) is 0 Å². The van der Waals surface area contributed by atoms with Crippen molar-refractivity contribution in [2.24, 2.45) is 0 Å². The van der Waals surface area contributed by atoms with Gasteiger partial charge in [-0.05, 0) is 0 Å². The van der Waals surface area contributed by atoms with Crippen molar-refractivity contribution in [3.8, 4) is 0 Å². The van der Waals surface area contributed by atoms with E-state index < -0.39 is 33.8 Å². The summed E-state index contributed by atoms with van der Waals surface area (Å²) in [5.41, 5.74) is 0. The third kappa shape index (κ3) is 6.01. The first-order chi connectivity index (χ1) is 8.59. The molecule has 0 saturated heterocycles. The molecule has 5 heteroatoms. The summed E-state index contributed by atoms with van der Waals surface area (Å²) in [5.74, 6) is 0. The molecule has 0 fully saturated rings. The third-order valence-corrected chi connectivity index (χ3v) is 5.37. The molecule has 108 valence electrons. The van der Waals surface area contributed by atoms with E-state index in [2.05, 4.69) is 65.2 Å². The van der Waals surface area contributed by atoms with Gasteiger partial charge in [-0.2, -0.15) is 0 Å². The van der Waals surface area contributed by atoms with Gasteiger partial charge in [-0.25, -0.2) is 0 Å². The molecule has 0 bridgehead atoms. The zero-order valence-electron chi connectivity index (χ0n) is 13.9. The van der Waals surface area contributed by atoms with Crippen LogP contribution in [0.5, 0.6) is 0 Å². The Kier molecular flexibility index (Phi) is 8.57. The van der Waals surface area contributed by atoms with Gasteiger partial charge < -0.3 is 0 Å². The van der Waals surface area contributed by atoms with Gasteiger partial charge >= 0.3 is 138 Å². The van der Waals surface area contributed by atoms with Crippen molar-refractivity contribution in [1.29, 1.82) is 10.8 Å². The maximum absolute atomic E-state index is 8.35. The van der Waals surface area contributed by atoms with Crippen LogP contribution in [0.15, 0.2) is 0 Å². The predicted molar refractivity (Wildman–Crippen MR) is 85.4 cm³/mol. The van der Waals surface area contributed by atoms with E-state index in [0.717, 1.165) is 3.87 Å². The fourth-order valence-electron chi connectivity index (χ4n) is 2.78. The summed E-state index contributed by atoms with van der Waals surface area (Å²) in [6.45, 7) is 17.0. The molecule has 0 spiro atoms. The molecule has 0 amide bonds. The van der Waals surface area contributed by atoms with Gasteiger partial charge in [-0.1, -0.05) is 0 Å². The summed E-state index contributed by atoms with van der Waals surface area (Å²) < 4.78 is 1.46. The van der Waals surface area contributed by atoms with Crippen molar-refractivity contribution in [2.75, 3.05) is 0 Å². The Balaban J connectivity index is 4.83. The Labute approximate surface area is 137 Å². The maximum atomic E-state index is 8.35. The van der Waals surface area contributed by atoms with Crippen LogP contribution in [0.25, 0.3) is 0 Å². The van der Waals surface area contributed by atoms with Crippen molar-refractivity contribution in [2.45, 2.75) is 79.6 Å². The molecule has 0 atom stereocenters. The summed E-state index contributed by atoms with van der Waals surface area (Å²) in [7, 11) is 0. The van der Waals surface area contributed by atoms with Crippen LogP contribution in [0, 0.1) is 10.8 Å². The van der Waals surface area contributed by atoms with Crippen LogP contribution in [0.3, 0.4) is 0 Å². The molecule has 0 radical (unpaired) electrons. The first-order valence-corrected chi connectivity index (χ1v) is 9.51. The number of hydrogen-bond donors (Lipinski definition) is 2. The normalized spacial score (nSPS) is 11.2. The molecule has 0 heterocycles. The zero-order valence-corrected chi connectivity index (χ0v) is 16.1. The average molecular weight is 295 g/mol. The van der Waals surface area contributed by atoms with Gasteiger partial charge in [0.15, 0.2) is 0 Å². The third-order valence-electron chi connectivity index (χ3n) is 3.18. The fraction of sp³-hybridized carbons (Fsp3) is 0.857. The predicted octanol–water partition coefficient (Wildman–Crippen LogP) is 2.80. The summed E-state index contributed by atoms with van der Waals surface area (Å²) in [6.07, 6.45) is 0. The zero-order chi connectivity index (χ0) is 15.3. The van der Waals surface area contributed by atoms with E-state index in [-0.39, 0.29) is 0 Å². The SMILES string of the molecule is CC(C)N([C](=N)[Ca][C](=N)N(C(C)C)C(C)C)C(C)C. The van der Waals surface area contributed by atoms with E-state index in [9.17, 15) is 0 Å². The topological polar surface area (TPSA) is 54.2 Å². The molecule has 0 aromatic carbocycles. The van der Waals surface area contributed by atoms with E-state index in [1.807, 2.05) is 0 Å². The van der Waals surface area contributed by atoms with Crippen molar-refractivity contribution >= 4 is 37.7 Å². The van der Waals surface area contributed by atoms with Gasteiger partial charge in [0.25, 0.3) is 0 Å². The Morgan fingerprint density at radius 2 is 0.842 bits per heavy atom. The first-order valence-electron chi connectivity index (χ1n) is 7.31. The number of hydrogen-bond acceptors (Lipinski definition) is 2. The van der Waals surface area contributed by atoms with Crippen LogP contribution in [-0.2, 0) is 0 Å². The summed E-state index contributed by atoms with van der Waals surface area (Å²) >= 11 is -1.48. The standard InChI is InChI=1S/2C7H15N2.Ca/c2*1-6(2)9(5-8)7(3)4;/h2*6-8H,1-4H3;. The Hall–Kier alpha value is 0.200. The number of amidine groups is 2. The fourth-order valence-corrected chi connectivity index (χ4v) is 6.13. The van der Waals surface area contributed by atoms with Gasteiger partial charge in [-0.3, -0.25) is 0 Å². The number of nitrogens with one attached hydrogen (secondary N) is 2. The van der Waals surface area contributed by atoms with Crippen molar-refractivity contribution < 1.29 is 0 Å². The number of nitrogens with zero attached hydrogens (tertiary/aromatic N) is 2. The Morgan fingerprint density at radius 1 is 0.632 bits per heavy atom. The molecular formula is C14H30CaN4. The summed E-state index contributed by atoms with van der Waals surface area (Å²) in [6, 6.07) is 1.38. The molecule has 0 aliphatic carbocycles. The molecule has 0 aliphatic heterocycles. The van der Waals surface area contributed by atoms with Crippen LogP contribution in [0.1, 0.15) is 55.4 Å². The molecule has 0 aliphatic rings. The summed E-state index contributed by atoms with van der Waals surface area (Å²) in [5, 5.41) is 16.7.